The van der Waals surface area contributed by atoms with Crippen molar-refractivity contribution in [1.82, 2.24) is 5.32 Å². The number of carbonyl (C=O) groups excluding carboxylic acids is 1. The SMILES string of the molecule is COC(CNCCOc1ccc(CC(C)(O)C=O)cc1)OC. The molecule has 1 atom stereocenters. The molecule has 1 aromatic carbocycles. The number of benzene rings is 1. The monoisotopic (exact) mass is 311 g/mol. The van der Waals surface area contributed by atoms with E-state index in [9.17, 15) is 9.90 Å². The van der Waals surface area contributed by atoms with Gasteiger partial charge in [0, 0.05) is 33.7 Å². The van der Waals surface area contributed by atoms with Crippen LogP contribution in [0.15, 0.2) is 24.3 Å². The van der Waals surface area contributed by atoms with E-state index in [-0.39, 0.29) is 12.7 Å². The van der Waals surface area contributed by atoms with E-state index in [1.807, 2.05) is 24.3 Å². The molecule has 6 heteroatoms. The predicted molar refractivity (Wildman–Crippen MR) is 83.0 cm³/mol. The molecule has 0 bridgehead atoms. The first-order chi connectivity index (χ1) is 10.5. The summed E-state index contributed by atoms with van der Waals surface area (Å²) in [4.78, 5) is 10.7. The average Bonchev–Trinajstić information content (AvgIpc) is 2.52. The van der Waals surface area contributed by atoms with Gasteiger partial charge in [0.05, 0.1) is 0 Å². The first-order valence-electron chi connectivity index (χ1n) is 7.17. The molecule has 1 unspecified atom stereocenters. The van der Waals surface area contributed by atoms with Crippen LogP contribution >= 0.6 is 0 Å². The summed E-state index contributed by atoms with van der Waals surface area (Å²) in [5.41, 5.74) is -0.448. The quantitative estimate of drug-likeness (QED) is 0.357. The fraction of sp³-hybridized carbons (Fsp3) is 0.562. The summed E-state index contributed by atoms with van der Waals surface area (Å²) in [7, 11) is 3.19. The number of methoxy groups -OCH3 is 2. The third-order valence-corrected chi connectivity index (χ3v) is 3.12. The normalized spacial score (nSPS) is 13.9. The van der Waals surface area contributed by atoms with Crippen LogP contribution in [0.2, 0.25) is 0 Å². The summed E-state index contributed by atoms with van der Waals surface area (Å²) in [5, 5.41) is 12.9. The van der Waals surface area contributed by atoms with Crippen LogP contribution in [0.3, 0.4) is 0 Å². The Morgan fingerprint density at radius 1 is 1.27 bits per heavy atom. The zero-order valence-electron chi connectivity index (χ0n) is 13.4. The Morgan fingerprint density at radius 2 is 1.91 bits per heavy atom. The van der Waals surface area contributed by atoms with Gasteiger partial charge in [0.25, 0.3) is 0 Å². The van der Waals surface area contributed by atoms with Gasteiger partial charge in [0.2, 0.25) is 0 Å². The number of ether oxygens (including phenoxy) is 3. The van der Waals surface area contributed by atoms with E-state index in [1.165, 1.54) is 6.92 Å². The molecule has 0 radical (unpaired) electrons. The number of nitrogens with one attached hydrogen (secondary N) is 1. The lowest BCUT2D eigenvalue weighted by atomic mass is 9.98. The Kier molecular flexibility index (Phi) is 8.05. The molecule has 0 saturated carbocycles. The van der Waals surface area contributed by atoms with Crippen molar-refractivity contribution in [3.63, 3.8) is 0 Å². The zero-order valence-corrected chi connectivity index (χ0v) is 13.4. The van der Waals surface area contributed by atoms with Gasteiger partial charge in [0.15, 0.2) is 12.6 Å². The highest BCUT2D eigenvalue weighted by Gasteiger charge is 2.19. The molecule has 0 fully saturated rings. The van der Waals surface area contributed by atoms with Crippen molar-refractivity contribution in [2.24, 2.45) is 0 Å². The Bertz CT molecular complexity index is 429. The van der Waals surface area contributed by atoms with E-state index < -0.39 is 5.60 Å². The molecule has 0 spiro atoms. The molecule has 1 aromatic rings. The van der Waals surface area contributed by atoms with E-state index in [1.54, 1.807) is 14.2 Å². The third-order valence-electron chi connectivity index (χ3n) is 3.12. The van der Waals surface area contributed by atoms with Crippen LogP contribution in [-0.2, 0) is 20.7 Å². The Labute approximate surface area is 131 Å². The van der Waals surface area contributed by atoms with Crippen LogP contribution < -0.4 is 10.1 Å². The number of hydrogen-bond acceptors (Lipinski definition) is 6. The largest absolute Gasteiger partial charge is 0.492 e. The van der Waals surface area contributed by atoms with Gasteiger partial charge < -0.3 is 29.4 Å². The summed E-state index contributed by atoms with van der Waals surface area (Å²) in [6.45, 7) is 3.27. The maximum Gasteiger partial charge on any atom is 0.169 e. The second kappa shape index (κ2) is 9.53. The molecular weight excluding hydrogens is 286 g/mol. The highest BCUT2D eigenvalue weighted by Crippen LogP contribution is 2.16. The van der Waals surface area contributed by atoms with Crippen molar-refractivity contribution in [3.05, 3.63) is 29.8 Å². The molecule has 0 aromatic heterocycles. The maximum atomic E-state index is 10.7. The van der Waals surface area contributed by atoms with E-state index in [0.29, 0.717) is 26.0 Å². The van der Waals surface area contributed by atoms with E-state index in [0.717, 1.165) is 11.3 Å². The number of hydrogen-bond donors (Lipinski definition) is 2. The molecule has 2 N–H and O–H groups in total. The fourth-order valence-corrected chi connectivity index (χ4v) is 1.88. The van der Waals surface area contributed by atoms with Gasteiger partial charge in [-0.15, -0.1) is 0 Å². The lowest BCUT2D eigenvalue weighted by Gasteiger charge is -2.16. The van der Waals surface area contributed by atoms with Gasteiger partial charge in [-0.05, 0) is 24.6 Å². The van der Waals surface area contributed by atoms with Gasteiger partial charge in [0.1, 0.15) is 18.0 Å². The Hall–Kier alpha value is -1.47. The first-order valence-corrected chi connectivity index (χ1v) is 7.17. The third kappa shape index (κ3) is 7.00. The molecule has 0 amide bonds. The summed E-state index contributed by atoms with van der Waals surface area (Å²) in [5.74, 6) is 0.742. The summed E-state index contributed by atoms with van der Waals surface area (Å²) in [6.07, 6.45) is 0.578. The molecule has 1 rings (SSSR count). The van der Waals surface area contributed by atoms with Gasteiger partial charge in [-0.1, -0.05) is 12.1 Å². The van der Waals surface area contributed by atoms with Gasteiger partial charge >= 0.3 is 0 Å². The lowest BCUT2D eigenvalue weighted by molar-refractivity contribution is -0.122. The zero-order chi connectivity index (χ0) is 16.4. The molecular formula is C16H25NO5. The molecule has 22 heavy (non-hydrogen) atoms. The molecule has 0 aliphatic heterocycles. The van der Waals surface area contributed by atoms with Crippen LogP contribution in [0, 0.1) is 0 Å². The number of rotatable bonds is 11. The van der Waals surface area contributed by atoms with Crippen molar-refractivity contribution in [1.29, 1.82) is 0 Å². The molecule has 0 aliphatic rings. The van der Waals surface area contributed by atoms with Crippen molar-refractivity contribution < 1.29 is 24.1 Å². The predicted octanol–water partition coefficient (Wildman–Crippen LogP) is 0.766. The number of aliphatic hydroxyl groups is 1. The molecule has 0 aliphatic carbocycles. The van der Waals surface area contributed by atoms with Crippen molar-refractivity contribution in [3.8, 4) is 5.75 Å². The molecule has 124 valence electrons. The summed E-state index contributed by atoms with van der Waals surface area (Å²) < 4.78 is 15.7. The van der Waals surface area contributed by atoms with E-state index >= 15 is 0 Å². The number of aldehydes is 1. The molecule has 0 saturated heterocycles. The van der Waals surface area contributed by atoms with Crippen LogP contribution in [-0.4, -0.2) is 57.2 Å². The minimum atomic E-state index is -1.33. The smallest absolute Gasteiger partial charge is 0.169 e. The Balaban J connectivity index is 2.29. The number of carbonyl (C=O) groups is 1. The second-order valence-corrected chi connectivity index (χ2v) is 5.25. The van der Waals surface area contributed by atoms with Gasteiger partial charge in [-0.25, -0.2) is 0 Å². The molecule has 0 heterocycles. The minimum absolute atomic E-state index is 0.259. The maximum absolute atomic E-state index is 10.7. The van der Waals surface area contributed by atoms with Crippen LogP contribution in [0.1, 0.15) is 12.5 Å². The second-order valence-electron chi connectivity index (χ2n) is 5.25. The van der Waals surface area contributed by atoms with Crippen LogP contribution in [0.5, 0.6) is 5.75 Å². The highest BCUT2D eigenvalue weighted by atomic mass is 16.7. The molecule has 6 nitrogen and oxygen atoms in total. The average molecular weight is 311 g/mol. The van der Waals surface area contributed by atoms with Crippen LogP contribution in [0.4, 0.5) is 0 Å². The first kappa shape index (κ1) is 18.6. The van der Waals surface area contributed by atoms with Gasteiger partial charge in [-0.2, -0.15) is 0 Å². The lowest BCUT2D eigenvalue weighted by Crippen LogP contribution is -2.32. The highest BCUT2D eigenvalue weighted by molar-refractivity contribution is 5.62. The van der Waals surface area contributed by atoms with E-state index in [4.69, 9.17) is 14.2 Å². The van der Waals surface area contributed by atoms with E-state index in [2.05, 4.69) is 5.32 Å². The van der Waals surface area contributed by atoms with Crippen molar-refractivity contribution in [2.45, 2.75) is 25.2 Å². The van der Waals surface area contributed by atoms with Crippen molar-refractivity contribution >= 4 is 6.29 Å². The topological polar surface area (TPSA) is 77.0 Å². The van der Waals surface area contributed by atoms with Crippen molar-refractivity contribution in [2.75, 3.05) is 33.9 Å². The summed E-state index contributed by atoms with van der Waals surface area (Å²) in [6, 6.07) is 7.33. The Morgan fingerprint density at radius 3 is 2.45 bits per heavy atom. The summed E-state index contributed by atoms with van der Waals surface area (Å²) >= 11 is 0. The fourth-order valence-electron chi connectivity index (χ4n) is 1.88. The standard InChI is InChI=1S/C16H25NO5/c1-16(19,12-18)10-13-4-6-14(7-5-13)22-9-8-17-11-15(20-2)21-3/h4-7,12,15,17,19H,8-11H2,1-3H3. The van der Waals surface area contributed by atoms with Crippen LogP contribution in [0.25, 0.3) is 0 Å². The van der Waals surface area contributed by atoms with Gasteiger partial charge in [-0.3, -0.25) is 0 Å². The minimum Gasteiger partial charge on any atom is -0.492 e.